The summed E-state index contributed by atoms with van der Waals surface area (Å²) in [5.74, 6) is 0.974. The third-order valence-electron chi connectivity index (χ3n) is 5.62. The van der Waals surface area contributed by atoms with Crippen molar-refractivity contribution in [3.8, 4) is 0 Å². The van der Waals surface area contributed by atoms with E-state index in [1.807, 2.05) is 24.8 Å². The fraction of sp³-hybridized carbons (Fsp3) is 0.524. The number of rotatable bonds is 4. The summed E-state index contributed by atoms with van der Waals surface area (Å²) in [4.78, 5) is 9.24. The number of guanidine groups is 1. The molecule has 8 heteroatoms. The average molecular weight is 531 g/mol. The third kappa shape index (κ3) is 5.57. The summed E-state index contributed by atoms with van der Waals surface area (Å²) < 4.78 is 1.95. The van der Waals surface area contributed by atoms with E-state index in [0.29, 0.717) is 0 Å². The van der Waals surface area contributed by atoms with Gasteiger partial charge < -0.3 is 15.1 Å². The van der Waals surface area contributed by atoms with Gasteiger partial charge >= 0.3 is 0 Å². The summed E-state index contributed by atoms with van der Waals surface area (Å²) in [5, 5.41) is 8.82. The lowest BCUT2D eigenvalue weighted by Crippen LogP contribution is -2.53. The van der Waals surface area contributed by atoms with Gasteiger partial charge in [0.1, 0.15) is 0 Å². The quantitative estimate of drug-likeness (QED) is 0.373. The summed E-state index contributed by atoms with van der Waals surface area (Å²) >= 11 is 6.20. The number of aromatic nitrogens is 2. The van der Waals surface area contributed by atoms with Gasteiger partial charge in [0.05, 0.1) is 5.69 Å². The Labute approximate surface area is 196 Å². The van der Waals surface area contributed by atoms with Gasteiger partial charge in [-0.15, -0.1) is 24.0 Å². The van der Waals surface area contributed by atoms with Crippen molar-refractivity contribution in [2.24, 2.45) is 12.0 Å². The molecule has 0 spiro atoms. The summed E-state index contributed by atoms with van der Waals surface area (Å²) in [6.45, 7) is 11.0. The minimum atomic E-state index is 0. The summed E-state index contributed by atoms with van der Waals surface area (Å²) in [5.41, 5.74) is 6.17. The van der Waals surface area contributed by atoms with Crippen molar-refractivity contribution >= 4 is 47.2 Å². The van der Waals surface area contributed by atoms with Gasteiger partial charge in [-0.05, 0) is 50.5 Å². The molecule has 2 heterocycles. The first-order valence-corrected chi connectivity index (χ1v) is 10.2. The highest BCUT2D eigenvalue weighted by atomic mass is 127. The predicted octanol–water partition coefficient (Wildman–Crippen LogP) is 3.56. The number of nitrogens with zero attached hydrogens (tertiary/aromatic N) is 5. The van der Waals surface area contributed by atoms with Crippen molar-refractivity contribution in [3.05, 3.63) is 45.7 Å². The maximum atomic E-state index is 6.20. The molecule has 2 aromatic rings. The Bertz CT molecular complexity index is 855. The molecule has 0 amide bonds. The van der Waals surface area contributed by atoms with E-state index < -0.39 is 0 Å². The average Bonchev–Trinajstić information content (AvgIpc) is 2.93. The standard InChI is InChI=1S/C21H31ClN6.HI/c1-15-6-7-18(22)14-20(15)27-10-12-28(13-11-27)21(23-4)24-9-8-19-16(2)25-26(5)17(19)3;/h6-7,14H,8-13H2,1-5H3,(H,23,24);1H. The van der Waals surface area contributed by atoms with E-state index in [2.05, 4.69) is 58.1 Å². The van der Waals surface area contributed by atoms with Crippen LogP contribution in [0.4, 0.5) is 5.69 Å². The first kappa shape index (κ1) is 23.8. The number of hydrogen-bond acceptors (Lipinski definition) is 3. The minimum Gasteiger partial charge on any atom is -0.368 e. The lowest BCUT2D eigenvalue weighted by Gasteiger charge is -2.38. The van der Waals surface area contributed by atoms with Crippen molar-refractivity contribution in [3.63, 3.8) is 0 Å². The van der Waals surface area contributed by atoms with Crippen molar-refractivity contribution in [1.82, 2.24) is 20.0 Å². The number of anilines is 1. The number of aliphatic imine (C=N–C) groups is 1. The molecule has 1 fully saturated rings. The van der Waals surface area contributed by atoms with Gasteiger partial charge in [-0.2, -0.15) is 5.10 Å². The molecule has 160 valence electrons. The zero-order valence-electron chi connectivity index (χ0n) is 18.0. The number of hydrogen-bond donors (Lipinski definition) is 1. The van der Waals surface area contributed by atoms with Crippen molar-refractivity contribution in [2.75, 3.05) is 44.7 Å². The molecule has 0 atom stereocenters. The van der Waals surface area contributed by atoms with E-state index in [4.69, 9.17) is 11.6 Å². The number of aryl methyl sites for hydroxylation is 3. The molecule has 1 aromatic carbocycles. The molecule has 6 nitrogen and oxygen atoms in total. The largest absolute Gasteiger partial charge is 0.368 e. The van der Waals surface area contributed by atoms with Crippen LogP contribution in [0.1, 0.15) is 22.5 Å². The highest BCUT2D eigenvalue weighted by molar-refractivity contribution is 14.0. The first-order valence-electron chi connectivity index (χ1n) is 9.86. The summed E-state index contributed by atoms with van der Waals surface area (Å²) in [6.07, 6.45) is 0.951. The fourth-order valence-electron chi connectivity index (χ4n) is 3.89. The van der Waals surface area contributed by atoms with Gasteiger partial charge in [0.25, 0.3) is 0 Å². The zero-order chi connectivity index (χ0) is 20.3. The van der Waals surface area contributed by atoms with Crippen LogP contribution in [-0.2, 0) is 13.5 Å². The van der Waals surface area contributed by atoms with E-state index in [9.17, 15) is 0 Å². The molecule has 1 N–H and O–H groups in total. The van der Waals surface area contributed by atoms with E-state index >= 15 is 0 Å². The molecule has 3 rings (SSSR count). The van der Waals surface area contributed by atoms with Crippen LogP contribution in [0.25, 0.3) is 0 Å². The lowest BCUT2D eigenvalue weighted by molar-refractivity contribution is 0.373. The molecule has 1 aliphatic rings. The van der Waals surface area contributed by atoms with Gasteiger partial charge in [-0.3, -0.25) is 9.67 Å². The Kier molecular flexibility index (Phi) is 8.63. The highest BCUT2D eigenvalue weighted by Crippen LogP contribution is 2.25. The van der Waals surface area contributed by atoms with Gasteiger partial charge in [0.15, 0.2) is 5.96 Å². The SMILES string of the molecule is CN=C(NCCc1c(C)nn(C)c1C)N1CCN(c2cc(Cl)ccc2C)CC1.I. The van der Waals surface area contributed by atoms with Crippen molar-refractivity contribution in [2.45, 2.75) is 27.2 Å². The smallest absolute Gasteiger partial charge is 0.193 e. The Morgan fingerprint density at radius 1 is 1.17 bits per heavy atom. The topological polar surface area (TPSA) is 48.7 Å². The maximum Gasteiger partial charge on any atom is 0.193 e. The monoisotopic (exact) mass is 530 g/mol. The molecule has 1 saturated heterocycles. The van der Waals surface area contributed by atoms with Crippen LogP contribution in [-0.4, -0.2) is 60.4 Å². The Hall–Kier alpha value is -1.48. The van der Waals surface area contributed by atoms with E-state index in [0.717, 1.165) is 55.8 Å². The Balaban J connectivity index is 0.00000300. The Morgan fingerprint density at radius 3 is 2.45 bits per heavy atom. The van der Waals surface area contributed by atoms with Crippen molar-refractivity contribution in [1.29, 1.82) is 0 Å². The fourth-order valence-corrected chi connectivity index (χ4v) is 4.06. The summed E-state index contributed by atoms with van der Waals surface area (Å²) in [7, 11) is 3.86. The molecule has 29 heavy (non-hydrogen) atoms. The summed E-state index contributed by atoms with van der Waals surface area (Å²) in [6, 6.07) is 6.11. The number of halogens is 2. The molecule has 0 aliphatic carbocycles. The van der Waals surface area contributed by atoms with Crippen LogP contribution in [0, 0.1) is 20.8 Å². The second kappa shape index (κ2) is 10.5. The number of benzene rings is 1. The van der Waals surface area contributed by atoms with Crippen molar-refractivity contribution < 1.29 is 0 Å². The Morgan fingerprint density at radius 2 is 1.86 bits per heavy atom. The van der Waals surface area contributed by atoms with Crippen LogP contribution >= 0.6 is 35.6 Å². The van der Waals surface area contributed by atoms with Gasteiger partial charge in [0, 0.05) is 63.2 Å². The van der Waals surface area contributed by atoms with Crippen LogP contribution in [0.3, 0.4) is 0 Å². The molecular formula is C21H32ClIN6. The molecule has 1 aromatic heterocycles. The van der Waals surface area contributed by atoms with Crippen LogP contribution in [0.5, 0.6) is 0 Å². The molecule has 0 saturated carbocycles. The van der Waals surface area contributed by atoms with Crippen LogP contribution in [0.2, 0.25) is 5.02 Å². The molecule has 0 bridgehead atoms. The van der Waals surface area contributed by atoms with Gasteiger partial charge in [-0.1, -0.05) is 17.7 Å². The molecule has 0 radical (unpaired) electrons. The maximum absolute atomic E-state index is 6.20. The van der Waals surface area contributed by atoms with Gasteiger partial charge in [0.2, 0.25) is 0 Å². The van der Waals surface area contributed by atoms with Crippen LogP contribution < -0.4 is 10.2 Å². The van der Waals surface area contributed by atoms with Crippen LogP contribution in [0.15, 0.2) is 23.2 Å². The molecule has 1 aliphatic heterocycles. The lowest BCUT2D eigenvalue weighted by atomic mass is 10.1. The van der Waals surface area contributed by atoms with Gasteiger partial charge in [-0.25, -0.2) is 0 Å². The van der Waals surface area contributed by atoms with E-state index in [-0.39, 0.29) is 24.0 Å². The minimum absolute atomic E-state index is 0. The third-order valence-corrected chi connectivity index (χ3v) is 5.85. The number of piperazine rings is 1. The highest BCUT2D eigenvalue weighted by Gasteiger charge is 2.21. The zero-order valence-corrected chi connectivity index (χ0v) is 21.1. The van der Waals surface area contributed by atoms with E-state index in [1.54, 1.807) is 0 Å². The normalized spacial score (nSPS) is 14.8. The first-order chi connectivity index (χ1) is 13.4. The molecule has 0 unspecified atom stereocenters. The number of nitrogens with one attached hydrogen (secondary N) is 1. The molecular weight excluding hydrogens is 499 g/mol. The predicted molar refractivity (Wildman–Crippen MR) is 133 cm³/mol. The van der Waals surface area contributed by atoms with E-state index in [1.165, 1.54) is 22.5 Å². The second-order valence-corrected chi connectivity index (χ2v) is 7.84. The second-order valence-electron chi connectivity index (χ2n) is 7.40.